The Hall–Kier alpha value is -2.15. The number of pyridine rings is 2. The van der Waals surface area contributed by atoms with E-state index in [1.165, 1.54) is 6.20 Å². The van der Waals surface area contributed by atoms with Crippen LogP contribution in [0.2, 0.25) is 0 Å². The Morgan fingerprint density at radius 2 is 2.00 bits per heavy atom. The third-order valence-corrected chi connectivity index (χ3v) is 4.17. The minimum atomic E-state index is -3.72. The summed E-state index contributed by atoms with van der Waals surface area (Å²) >= 11 is 0. The fraction of sp³-hybridized carbons (Fsp3) is 0.286. The van der Waals surface area contributed by atoms with Gasteiger partial charge >= 0.3 is 0 Å². The minimum Gasteiger partial charge on any atom is -0.384 e. The first-order valence-corrected chi connectivity index (χ1v) is 8.14. The zero-order chi connectivity index (χ0) is 15.3. The third kappa shape index (κ3) is 3.91. The molecule has 0 saturated heterocycles. The van der Waals surface area contributed by atoms with Gasteiger partial charge < -0.3 is 5.32 Å². The first-order valence-electron chi connectivity index (χ1n) is 6.66. The first-order chi connectivity index (χ1) is 10.0. The summed E-state index contributed by atoms with van der Waals surface area (Å²) in [6, 6.07) is 5.07. The fourth-order valence-electron chi connectivity index (χ4n) is 1.72. The molecular formula is C14H18N4O2S. The number of aryl methyl sites for hydroxylation is 1. The van der Waals surface area contributed by atoms with Gasteiger partial charge in [-0.2, -0.15) is 0 Å². The van der Waals surface area contributed by atoms with Crippen LogP contribution in [0.5, 0.6) is 0 Å². The highest BCUT2D eigenvalue weighted by atomic mass is 32.2. The molecule has 0 aliphatic heterocycles. The number of nitrogens with one attached hydrogen (secondary N) is 2. The lowest BCUT2D eigenvalue weighted by atomic mass is 10.3. The van der Waals surface area contributed by atoms with Gasteiger partial charge in [-0.25, -0.2) is 13.4 Å². The molecule has 2 N–H and O–H groups in total. The minimum absolute atomic E-state index is 0.112. The number of sulfonamides is 1. The molecule has 112 valence electrons. The van der Waals surface area contributed by atoms with E-state index < -0.39 is 10.0 Å². The molecule has 2 aromatic heterocycles. The molecule has 7 heteroatoms. The smallest absolute Gasteiger partial charge is 0.266 e. The maximum Gasteiger partial charge on any atom is 0.266 e. The van der Waals surface area contributed by atoms with E-state index in [1.807, 2.05) is 13.8 Å². The van der Waals surface area contributed by atoms with Crippen LogP contribution in [0.25, 0.3) is 0 Å². The van der Waals surface area contributed by atoms with Crippen LogP contribution in [0.4, 0.5) is 11.5 Å². The molecule has 0 radical (unpaired) electrons. The van der Waals surface area contributed by atoms with Crippen LogP contribution in [0, 0.1) is 6.92 Å². The molecule has 0 atom stereocenters. The van der Waals surface area contributed by atoms with Crippen LogP contribution >= 0.6 is 0 Å². The summed E-state index contributed by atoms with van der Waals surface area (Å²) in [5, 5.41) is 3.08. The van der Waals surface area contributed by atoms with Crippen molar-refractivity contribution >= 4 is 21.5 Å². The quantitative estimate of drug-likeness (QED) is 0.856. The van der Waals surface area contributed by atoms with Crippen molar-refractivity contribution in [1.29, 1.82) is 0 Å². The SMILES string of the molecule is CCCNc1ccncc1S(=O)(=O)Nc1ccc(C)cn1. The van der Waals surface area contributed by atoms with Gasteiger partial charge in [0.2, 0.25) is 0 Å². The van der Waals surface area contributed by atoms with Crippen LogP contribution in [-0.2, 0) is 10.0 Å². The van der Waals surface area contributed by atoms with Gasteiger partial charge in [0.05, 0.1) is 5.69 Å². The normalized spacial score (nSPS) is 11.1. The second-order valence-corrected chi connectivity index (χ2v) is 6.28. The number of aromatic nitrogens is 2. The van der Waals surface area contributed by atoms with Gasteiger partial charge in [0.1, 0.15) is 10.7 Å². The molecule has 0 amide bonds. The number of hydrogen-bond donors (Lipinski definition) is 2. The van der Waals surface area contributed by atoms with Crippen LogP contribution in [-0.4, -0.2) is 24.9 Å². The van der Waals surface area contributed by atoms with Crippen molar-refractivity contribution in [1.82, 2.24) is 9.97 Å². The molecule has 21 heavy (non-hydrogen) atoms. The predicted molar refractivity (Wildman–Crippen MR) is 82.8 cm³/mol. The van der Waals surface area contributed by atoms with Crippen molar-refractivity contribution in [2.45, 2.75) is 25.2 Å². The number of rotatable bonds is 6. The van der Waals surface area contributed by atoms with Crippen LogP contribution in [0.1, 0.15) is 18.9 Å². The van der Waals surface area contributed by atoms with Gasteiger partial charge in [-0.05, 0) is 31.0 Å². The summed E-state index contributed by atoms with van der Waals surface area (Å²) in [6.45, 7) is 4.59. The molecule has 0 fully saturated rings. The summed E-state index contributed by atoms with van der Waals surface area (Å²) < 4.78 is 27.3. The van der Waals surface area contributed by atoms with E-state index in [0.29, 0.717) is 12.2 Å². The molecule has 0 aliphatic carbocycles. The van der Waals surface area contributed by atoms with Gasteiger partial charge in [0, 0.05) is 25.1 Å². The maximum atomic E-state index is 12.4. The van der Waals surface area contributed by atoms with E-state index in [4.69, 9.17) is 0 Å². The monoisotopic (exact) mass is 306 g/mol. The van der Waals surface area contributed by atoms with Crippen molar-refractivity contribution in [2.75, 3.05) is 16.6 Å². The van der Waals surface area contributed by atoms with Crippen molar-refractivity contribution in [3.8, 4) is 0 Å². The van der Waals surface area contributed by atoms with E-state index in [9.17, 15) is 8.42 Å². The summed E-state index contributed by atoms with van der Waals surface area (Å²) in [5.74, 6) is 0.283. The molecule has 2 rings (SSSR count). The molecule has 0 spiro atoms. The van der Waals surface area contributed by atoms with E-state index in [-0.39, 0.29) is 10.7 Å². The highest BCUT2D eigenvalue weighted by molar-refractivity contribution is 7.92. The standard InChI is InChI=1S/C14H18N4O2S/c1-3-7-16-12-6-8-15-10-13(12)21(19,20)18-14-5-4-11(2)9-17-14/h4-6,8-10H,3,7H2,1-2H3,(H,15,16)(H,17,18). The molecule has 0 aromatic carbocycles. The Labute approximate surface area is 124 Å². The van der Waals surface area contributed by atoms with Crippen LogP contribution in [0.15, 0.2) is 41.7 Å². The second-order valence-electron chi connectivity index (χ2n) is 4.62. The van der Waals surface area contributed by atoms with Crippen LogP contribution < -0.4 is 10.0 Å². The fourth-order valence-corrected chi connectivity index (χ4v) is 2.86. The average Bonchev–Trinajstić information content (AvgIpc) is 2.47. The van der Waals surface area contributed by atoms with Gasteiger partial charge in [0.15, 0.2) is 0 Å². The van der Waals surface area contributed by atoms with Gasteiger partial charge in [-0.15, -0.1) is 0 Å². The summed E-state index contributed by atoms with van der Waals surface area (Å²) in [4.78, 5) is 8.06. The molecule has 6 nitrogen and oxygen atoms in total. The van der Waals surface area contributed by atoms with Gasteiger partial charge in [-0.1, -0.05) is 13.0 Å². The molecule has 0 unspecified atom stereocenters. The molecule has 2 heterocycles. The Morgan fingerprint density at radius 3 is 2.67 bits per heavy atom. The zero-order valence-electron chi connectivity index (χ0n) is 12.0. The number of hydrogen-bond acceptors (Lipinski definition) is 5. The van der Waals surface area contributed by atoms with Crippen molar-refractivity contribution in [3.05, 3.63) is 42.4 Å². The summed E-state index contributed by atoms with van der Waals surface area (Å²) in [6.07, 6.45) is 5.39. The predicted octanol–water partition coefficient (Wildman–Crippen LogP) is 2.41. The lowest BCUT2D eigenvalue weighted by molar-refractivity contribution is 0.601. The largest absolute Gasteiger partial charge is 0.384 e. The topological polar surface area (TPSA) is 84.0 Å². The van der Waals surface area contributed by atoms with Crippen molar-refractivity contribution in [2.24, 2.45) is 0 Å². The van der Waals surface area contributed by atoms with E-state index in [2.05, 4.69) is 20.0 Å². The van der Waals surface area contributed by atoms with E-state index >= 15 is 0 Å². The second kappa shape index (κ2) is 6.53. The summed E-state index contributed by atoms with van der Waals surface area (Å²) in [7, 11) is -3.72. The molecule has 0 saturated carbocycles. The lowest BCUT2D eigenvalue weighted by Gasteiger charge is -2.12. The van der Waals surface area contributed by atoms with E-state index in [1.54, 1.807) is 30.6 Å². The Kier molecular flexibility index (Phi) is 4.74. The molecule has 0 aliphatic rings. The third-order valence-electron chi connectivity index (χ3n) is 2.79. The molecule has 0 bridgehead atoms. The highest BCUT2D eigenvalue weighted by Gasteiger charge is 2.19. The molecule has 2 aromatic rings. The number of nitrogens with zero attached hydrogens (tertiary/aromatic N) is 2. The van der Waals surface area contributed by atoms with E-state index in [0.717, 1.165) is 12.0 Å². The number of anilines is 2. The summed E-state index contributed by atoms with van der Waals surface area (Å²) in [5.41, 5.74) is 1.50. The zero-order valence-corrected chi connectivity index (χ0v) is 12.8. The maximum absolute atomic E-state index is 12.4. The Bertz CT molecular complexity index is 699. The van der Waals surface area contributed by atoms with Crippen LogP contribution in [0.3, 0.4) is 0 Å². The first kappa shape index (κ1) is 15.2. The molecular weight excluding hydrogens is 288 g/mol. The van der Waals surface area contributed by atoms with Gasteiger partial charge in [0.25, 0.3) is 10.0 Å². The van der Waals surface area contributed by atoms with Gasteiger partial charge in [-0.3, -0.25) is 9.71 Å². The lowest BCUT2D eigenvalue weighted by Crippen LogP contribution is -2.16. The Balaban J connectivity index is 2.29. The van der Waals surface area contributed by atoms with Crippen molar-refractivity contribution < 1.29 is 8.42 Å². The average molecular weight is 306 g/mol. The highest BCUT2D eigenvalue weighted by Crippen LogP contribution is 2.22. The van der Waals surface area contributed by atoms with Crippen molar-refractivity contribution in [3.63, 3.8) is 0 Å². The Morgan fingerprint density at radius 1 is 1.19 bits per heavy atom.